The number of hydrogen-bond acceptors (Lipinski definition) is 9. The summed E-state index contributed by atoms with van der Waals surface area (Å²) in [4.78, 5) is 34.2. The molecule has 2 aliphatic rings. The lowest BCUT2D eigenvalue weighted by Crippen LogP contribution is -2.62. The van der Waals surface area contributed by atoms with Crippen LogP contribution in [0.3, 0.4) is 0 Å². The minimum absolute atomic E-state index is 0.181. The van der Waals surface area contributed by atoms with Gasteiger partial charge in [0, 0.05) is 20.8 Å². The number of aliphatic hydroxyl groups excluding tert-OH is 1. The van der Waals surface area contributed by atoms with E-state index >= 15 is 0 Å². The fraction of sp³-hybridized carbons (Fsp3) is 0.824. The van der Waals surface area contributed by atoms with Crippen LogP contribution in [0.15, 0.2) is 0 Å². The van der Waals surface area contributed by atoms with Crippen molar-refractivity contribution in [1.29, 1.82) is 0 Å². The summed E-state index contributed by atoms with van der Waals surface area (Å²) in [5, 5.41) is 10.4. The average molecular weight is 374 g/mol. The highest BCUT2D eigenvalue weighted by Gasteiger charge is 2.51. The maximum absolute atomic E-state index is 11.6. The predicted molar refractivity (Wildman–Crippen MR) is 85.7 cm³/mol. The first-order valence-corrected chi connectivity index (χ1v) is 8.65. The van der Waals surface area contributed by atoms with Gasteiger partial charge >= 0.3 is 17.9 Å². The largest absolute Gasteiger partial charge is 0.463 e. The van der Waals surface area contributed by atoms with Crippen molar-refractivity contribution in [2.24, 2.45) is 5.92 Å². The molecule has 1 heterocycles. The third kappa shape index (κ3) is 5.65. The van der Waals surface area contributed by atoms with Crippen molar-refractivity contribution in [3.05, 3.63) is 0 Å². The van der Waals surface area contributed by atoms with Crippen molar-refractivity contribution in [2.75, 3.05) is 6.61 Å². The average Bonchev–Trinajstić information content (AvgIpc) is 3.35. The molecule has 0 spiro atoms. The molecule has 9 nitrogen and oxygen atoms in total. The summed E-state index contributed by atoms with van der Waals surface area (Å²) in [5.74, 6) is -1.45. The van der Waals surface area contributed by atoms with Crippen LogP contribution in [0.4, 0.5) is 0 Å². The van der Waals surface area contributed by atoms with Crippen molar-refractivity contribution < 1.29 is 43.2 Å². The minimum Gasteiger partial charge on any atom is -0.463 e. The van der Waals surface area contributed by atoms with Crippen LogP contribution >= 0.6 is 0 Å². The van der Waals surface area contributed by atoms with Gasteiger partial charge in [-0.25, -0.2) is 0 Å². The number of carbonyl (C=O) groups is 3. The van der Waals surface area contributed by atoms with Gasteiger partial charge in [-0.05, 0) is 25.7 Å². The molecule has 1 saturated heterocycles. The third-order valence-electron chi connectivity index (χ3n) is 4.32. The SMILES string of the molecule is CC(=O)OC[C@H]1OC(O)[C@H](OC(C)C2CC2)[C@@H](OC(C)=O)[C@@H]1OC(C)=O. The molecule has 2 unspecified atom stereocenters. The van der Waals surface area contributed by atoms with Crippen LogP contribution in [0.25, 0.3) is 0 Å². The second-order valence-corrected chi connectivity index (χ2v) is 6.66. The molecular weight excluding hydrogens is 348 g/mol. The van der Waals surface area contributed by atoms with Crippen LogP contribution in [-0.4, -0.2) is 66.4 Å². The summed E-state index contributed by atoms with van der Waals surface area (Å²) in [6.07, 6.45) is -3.80. The molecule has 0 radical (unpaired) electrons. The Morgan fingerprint density at radius 1 is 1.00 bits per heavy atom. The number of carbonyl (C=O) groups excluding carboxylic acids is 3. The lowest BCUT2D eigenvalue weighted by Gasteiger charge is -2.43. The number of rotatable bonds is 7. The normalized spacial score (nSPS) is 32.4. The molecule has 1 saturated carbocycles. The monoisotopic (exact) mass is 374 g/mol. The quantitative estimate of drug-likeness (QED) is 0.496. The van der Waals surface area contributed by atoms with Crippen molar-refractivity contribution in [3.8, 4) is 0 Å². The number of ether oxygens (including phenoxy) is 5. The Hall–Kier alpha value is -1.71. The highest BCUT2D eigenvalue weighted by atomic mass is 16.7. The van der Waals surface area contributed by atoms with Gasteiger partial charge in [0.1, 0.15) is 18.8 Å². The van der Waals surface area contributed by atoms with Crippen molar-refractivity contribution >= 4 is 17.9 Å². The van der Waals surface area contributed by atoms with Crippen molar-refractivity contribution in [1.82, 2.24) is 0 Å². The molecule has 0 bridgehead atoms. The van der Waals surface area contributed by atoms with E-state index in [9.17, 15) is 19.5 Å². The molecule has 0 aromatic heterocycles. The molecule has 0 aromatic rings. The molecule has 1 N–H and O–H groups in total. The number of aliphatic hydroxyl groups is 1. The fourth-order valence-corrected chi connectivity index (χ4v) is 2.96. The molecule has 148 valence electrons. The predicted octanol–water partition coefficient (Wildman–Crippen LogP) is 0.314. The smallest absolute Gasteiger partial charge is 0.303 e. The van der Waals surface area contributed by atoms with Crippen molar-refractivity contribution in [3.63, 3.8) is 0 Å². The molecule has 0 amide bonds. The molecule has 9 heteroatoms. The standard InChI is InChI=1S/C17H26O9/c1-8(12-5-6-12)23-16-15(25-11(4)20)14(24-10(3)19)13(26-17(16)21)7-22-9(2)18/h8,12-17,21H,5-7H2,1-4H3/t8?,13-,14-,15+,16-,17?/m1/s1. The van der Waals surface area contributed by atoms with E-state index in [-0.39, 0.29) is 12.7 Å². The van der Waals surface area contributed by atoms with Gasteiger partial charge in [-0.15, -0.1) is 0 Å². The first-order valence-electron chi connectivity index (χ1n) is 8.65. The maximum atomic E-state index is 11.6. The Morgan fingerprint density at radius 3 is 2.08 bits per heavy atom. The van der Waals surface area contributed by atoms with Crippen LogP contribution in [0, 0.1) is 5.92 Å². The lowest BCUT2D eigenvalue weighted by atomic mass is 9.98. The van der Waals surface area contributed by atoms with Gasteiger partial charge in [0.25, 0.3) is 0 Å². The van der Waals surface area contributed by atoms with E-state index in [4.69, 9.17) is 23.7 Å². The van der Waals surface area contributed by atoms with Gasteiger partial charge in [-0.1, -0.05) is 0 Å². The highest BCUT2D eigenvalue weighted by molar-refractivity contribution is 5.67. The summed E-state index contributed by atoms with van der Waals surface area (Å²) in [6, 6.07) is 0. The molecule has 0 aromatic carbocycles. The molecule has 2 fully saturated rings. The number of hydrogen-bond donors (Lipinski definition) is 1. The molecule has 26 heavy (non-hydrogen) atoms. The summed E-state index contributed by atoms with van der Waals surface area (Å²) < 4.78 is 26.8. The van der Waals surface area contributed by atoms with Gasteiger partial charge in [0.15, 0.2) is 18.5 Å². The van der Waals surface area contributed by atoms with E-state index < -0.39 is 48.6 Å². The van der Waals surface area contributed by atoms with Crippen LogP contribution in [0.1, 0.15) is 40.5 Å². The van der Waals surface area contributed by atoms with E-state index in [2.05, 4.69) is 0 Å². The van der Waals surface area contributed by atoms with Crippen LogP contribution in [0.5, 0.6) is 0 Å². The second-order valence-electron chi connectivity index (χ2n) is 6.66. The van der Waals surface area contributed by atoms with E-state index in [0.717, 1.165) is 12.8 Å². The molecular formula is C17H26O9. The lowest BCUT2D eigenvalue weighted by molar-refractivity contribution is -0.308. The summed E-state index contributed by atoms with van der Waals surface area (Å²) >= 11 is 0. The summed E-state index contributed by atoms with van der Waals surface area (Å²) in [5.41, 5.74) is 0. The summed E-state index contributed by atoms with van der Waals surface area (Å²) in [6.45, 7) is 5.21. The van der Waals surface area contributed by atoms with Crippen LogP contribution in [-0.2, 0) is 38.1 Å². The Balaban J connectivity index is 2.22. The fourth-order valence-electron chi connectivity index (χ4n) is 2.96. The Bertz CT molecular complexity index is 530. The van der Waals surface area contributed by atoms with E-state index in [1.54, 1.807) is 0 Å². The number of esters is 3. The van der Waals surface area contributed by atoms with Crippen LogP contribution in [0.2, 0.25) is 0 Å². The Kier molecular flexibility index (Phi) is 6.96. The maximum Gasteiger partial charge on any atom is 0.303 e. The Labute approximate surface area is 151 Å². The zero-order chi connectivity index (χ0) is 19.4. The zero-order valence-electron chi connectivity index (χ0n) is 15.4. The molecule has 1 aliphatic carbocycles. The van der Waals surface area contributed by atoms with Gasteiger partial charge in [0.05, 0.1) is 6.10 Å². The molecule has 1 aliphatic heterocycles. The molecule has 2 rings (SSSR count). The minimum atomic E-state index is -1.44. The highest BCUT2D eigenvalue weighted by Crippen LogP contribution is 2.37. The second kappa shape index (κ2) is 8.79. The van der Waals surface area contributed by atoms with Gasteiger partial charge in [-0.2, -0.15) is 0 Å². The first kappa shape index (κ1) is 20.6. The van der Waals surface area contributed by atoms with Crippen LogP contribution < -0.4 is 0 Å². The molecule has 6 atom stereocenters. The van der Waals surface area contributed by atoms with Gasteiger partial charge in [-0.3, -0.25) is 14.4 Å². The third-order valence-corrected chi connectivity index (χ3v) is 4.32. The van der Waals surface area contributed by atoms with Gasteiger partial charge < -0.3 is 28.8 Å². The Morgan fingerprint density at radius 2 is 1.58 bits per heavy atom. The summed E-state index contributed by atoms with van der Waals surface area (Å²) in [7, 11) is 0. The van der Waals surface area contributed by atoms with Gasteiger partial charge in [0.2, 0.25) is 0 Å². The zero-order valence-corrected chi connectivity index (χ0v) is 15.4. The van der Waals surface area contributed by atoms with E-state index in [0.29, 0.717) is 5.92 Å². The van der Waals surface area contributed by atoms with E-state index in [1.807, 2.05) is 6.92 Å². The van der Waals surface area contributed by atoms with Crippen molar-refractivity contribution in [2.45, 2.75) is 77.3 Å². The topological polar surface area (TPSA) is 118 Å². The first-order chi connectivity index (χ1) is 12.2. The van der Waals surface area contributed by atoms with E-state index in [1.165, 1.54) is 20.8 Å².